The Balaban J connectivity index is 2.92. The van der Waals surface area contributed by atoms with E-state index in [0.717, 1.165) is 13.8 Å². The van der Waals surface area contributed by atoms with Crippen molar-refractivity contribution in [3.63, 3.8) is 0 Å². The van der Waals surface area contributed by atoms with Gasteiger partial charge < -0.3 is 29.0 Å². The fourth-order valence-electron chi connectivity index (χ4n) is 2.72. The van der Waals surface area contributed by atoms with E-state index in [2.05, 4.69) is 5.32 Å². The lowest BCUT2D eigenvalue weighted by Crippen LogP contribution is -2.64. The predicted octanol–water partition coefficient (Wildman–Crippen LogP) is 0.0171. The van der Waals surface area contributed by atoms with Crippen LogP contribution in [0.3, 0.4) is 0 Å². The first-order valence-corrected chi connectivity index (χ1v) is 8.67. The van der Waals surface area contributed by atoms with Crippen molar-refractivity contribution in [2.45, 2.75) is 70.9 Å². The minimum absolute atomic E-state index is 0.106. The minimum Gasteiger partial charge on any atom is -0.466 e. The highest BCUT2D eigenvalue weighted by Gasteiger charge is 2.48. The molecule has 1 aliphatic heterocycles. The first-order chi connectivity index (χ1) is 13.1. The second-order valence-corrected chi connectivity index (χ2v) is 6.22. The summed E-state index contributed by atoms with van der Waals surface area (Å²) in [6.07, 6.45) is -6.69. The fourth-order valence-corrected chi connectivity index (χ4v) is 2.72. The van der Waals surface area contributed by atoms with Crippen LogP contribution in [0.4, 0.5) is 4.39 Å². The van der Waals surface area contributed by atoms with Crippen LogP contribution in [-0.4, -0.2) is 74.3 Å². The van der Waals surface area contributed by atoms with Crippen molar-refractivity contribution in [3.8, 4) is 0 Å². The number of alkyl halides is 1. The third kappa shape index (κ3) is 7.04. The summed E-state index contributed by atoms with van der Waals surface area (Å²) in [5.74, 6) is -2.81. The molecule has 0 aromatic rings. The van der Waals surface area contributed by atoms with Gasteiger partial charge in [-0.1, -0.05) is 0 Å². The Morgan fingerprint density at radius 2 is 1.75 bits per heavy atom. The molecule has 28 heavy (non-hydrogen) atoms. The minimum atomic E-state index is -1.86. The van der Waals surface area contributed by atoms with Crippen LogP contribution >= 0.6 is 0 Å². The van der Waals surface area contributed by atoms with Crippen LogP contribution < -0.4 is 5.32 Å². The molecule has 160 valence electrons. The number of rotatable bonds is 8. The maximum absolute atomic E-state index is 14.6. The van der Waals surface area contributed by atoms with E-state index in [4.69, 9.17) is 23.7 Å². The van der Waals surface area contributed by atoms with Gasteiger partial charge in [-0.25, -0.2) is 4.39 Å². The van der Waals surface area contributed by atoms with Gasteiger partial charge in [-0.3, -0.25) is 19.2 Å². The van der Waals surface area contributed by atoms with E-state index in [1.54, 1.807) is 6.92 Å². The van der Waals surface area contributed by atoms with E-state index in [0.29, 0.717) is 0 Å². The van der Waals surface area contributed by atoms with Gasteiger partial charge in [-0.05, 0) is 6.92 Å². The molecule has 6 atom stereocenters. The smallest absolute Gasteiger partial charge is 0.303 e. The average Bonchev–Trinajstić information content (AvgIpc) is 2.58. The monoisotopic (exact) mass is 407 g/mol. The lowest BCUT2D eigenvalue weighted by atomic mass is 9.97. The van der Waals surface area contributed by atoms with Crippen molar-refractivity contribution in [3.05, 3.63) is 0 Å². The lowest BCUT2D eigenvalue weighted by Gasteiger charge is -2.41. The lowest BCUT2D eigenvalue weighted by molar-refractivity contribution is -0.250. The van der Waals surface area contributed by atoms with E-state index in [9.17, 15) is 23.6 Å². The zero-order chi connectivity index (χ0) is 21.4. The molecule has 1 rings (SSSR count). The maximum Gasteiger partial charge on any atom is 0.303 e. The third-order valence-corrected chi connectivity index (χ3v) is 3.91. The molecule has 11 heteroatoms. The molecular weight excluding hydrogens is 381 g/mol. The molecule has 1 saturated heterocycles. The summed E-state index contributed by atoms with van der Waals surface area (Å²) in [6, 6.07) is -1.07. The second-order valence-electron chi connectivity index (χ2n) is 6.22. The van der Waals surface area contributed by atoms with Crippen LogP contribution in [0.5, 0.6) is 0 Å². The standard InChI is InChI=1S/C17H26FNO9/c1-8-14(15(28-11(4)22)13(18)17(24-5)26-8)19-16(23)12(27-10(3)21)6-7-25-9(2)20/h8,12-15,17H,6-7H2,1-5H3,(H,19,23)/t8-,12+,13+,14-,15-,17+/m1/s1. The number of carbonyl (C=O) groups excluding carboxylic acids is 4. The summed E-state index contributed by atoms with van der Waals surface area (Å²) < 4.78 is 39.6. The quantitative estimate of drug-likeness (QED) is 0.437. The number of hydrogen-bond acceptors (Lipinski definition) is 9. The topological polar surface area (TPSA) is 126 Å². The first-order valence-electron chi connectivity index (χ1n) is 8.67. The van der Waals surface area contributed by atoms with E-state index < -0.39 is 60.6 Å². The zero-order valence-corrected chi connectivity index (χ0v) is 16.4. The molecular formula is C17H26FNO9. The molecule has 0 radical (unpaired) electrons. The molecule has 0 aromatic carbocycles. The van der Waals surface area contributed by atoms with Crippen molar-refractivity contribution >= 4 is 23.8 Å². The van der Waals surface area contributed by atoms with Gasteiger partial charge in [0.2, 0.25) is 0 Å². The number of halogens is 1. The van der Waals surface area contributed by atoms with Crippen LogP contribution in [0.25, 0.3) is 0 Å². The highest BCUT2D eigenvalue weighted by atomic mass is 19.1. The van der Waals surface area contributed by atoms with Crippen LogP contribution in [0.1, 0.15) is 34.1 Å². The molecule has 1 fully saturated rings. The summed E-state index contributed by atoms with van der Waals surface area (Å²) in [5, 5.41) is 2.49. The Bertz CT molecular complexity index is 585. The van der Waals surface area contributed by atoms with Crippen LogP contribution in [0.15, 0.2) is 0 Å². The number of nitrogens with one attached hydrogen (secondary N) is 1. The number of esters is 3. The second kappa shape index (κ2) is 10.9. The van der Waals surface area contributed by atoms with Gasteiger partial charge in [0.15, 0.2) is 24.7 Å². The van der Waals surface area contributed by atoms with Gasteiger partial charge in [0.05, 0.1) is 18.8 Å². The van der Waals surface area contributed by atoms with E-state index in [1.165, 1.54) is 14.0 Å². The number of methoxy groups -OCH3 is 1. The fraction of sp³-hybridized carbons (Fsp3) is 0.765. The van der Waals surface area contributed by atoms with Gasteiger partial charge in [-0.2, -0.15) is 0 Å². The normalized spacial score (nSPS) is 28.0. The Labute approximate surface area is 162 Å². The first kappa shape index (κ1) is 23.8. The number of ether oxygens (including phenoxy) is 5. The van der Waals surface area contributed by atoms with Crippen LogP contribution in [0, 0.1) is 0 Å². The molecule has 0 saturated carbocycles. The molecule has 1 heterocycles. The molecule has 10 nitrogen and oxygen atoms in total. The van der Waals surface area contributed by atoms with Crippen molar-refractivity contribution in [2.24, 2.45) is 0 Å². The summed E-state index contributed by atoms with van der Waals surface area (Å²) in [4.78, 5) is 46.1. The van der Waals surface area contributed by atoms with Crippen molar-refractivity contribution in [2.75, 3.05) is 13.7 Å². The number of hydrogen-bond donors (Lipinski definition) is 1. The highest BCUT2D eigenvalue weighted by molar-refractivity contribution is 5.83. The van der Waals surface area contributed by atoms with Crippen molar-refractivity contribution < 1.29 is 47.3 Å². The largest absolute Gasteiger partial charge is 0.466 e. The zero-order valence-electron chi connectivity index (χ0n) is 16.4. The van der Waals surface area contributed by atoms with Crippen LogP contribution in [0.2, 0.25) is 0 Å². The Hall–Kier alpha value is -2.27. The maximum atomic E-state index is 14.6. The Morgan fingerprint density at radius 1 is 1.11 bits per heavy atom. The van der Waals surface area contributed by atoms with Gasteiger partial charge in [0, 0.05) is 34.3 Å². The number of amides is 1. The van der Waals surface area contributed by atoms with Gasteiger partial charge in [0.25, 0.3) is 5.91 Å². The van der Waals surface area contributed by atoms with E-state index in [-0.39, 0.29) is 13.0 Å². The molecule has 0 spiro atoms. The average molecular weight is 407 g/mol. The highest BCUT2D eigenvalue weighted by Crippen LogP contribution is 2.26. The SMILES string of the molecule is CO[C@H]1O[C@H](C)[C@@H](NC(=O)[C@H](CCOC(C)=O)OC(C)=O)[C@H](OC(C)=O)[C@@H]1F. The molecule has 1 aliphatic rings. The molecule has 0 bridgehead atoms. The molecule has 0 unspecified atom stereocenters. The summed E-state index contributed by atoms with van der Waals surface area (Å²) in [7, 11) is 1.24. The van der Waals surface area contributed by atoms with Crippen molar-refractivity contribution in [1.82, 2.24) is 5.32 Å². The Morgan fingerprint density at radius 3 is 2.25 bits per heavy atom. The molecule has 0 aromatic heterocycles. The number of carbonyl (C=O) groups is 4. The molecule has 1 N–H and O–H groups in total. The van der Waals surface area contributed by atoms with Gasteiger partial charge in [0.1, 0.15) is 0 Å². The summed E-state index contributed by atoms with van der Waals surface area (Å²) in [6.45, 7) is 4.79. The van der Waals surface area contributed by atoms with Gasteiger partial charge >= 0.3 is 17.9 Å². The van der Waals surface area contributed by atoms with Gasteiger partial charge in [-0.15, -0.1) is 0 Å². The Kier molecular flexibility index (Phi) is 9.26. The molecule has 1 amide bonds. The van der Waals surface area contributed by atoms with E-state index >= 15 is 0 Å². The van der Waals surface area contributed by atoms with E-state index in [1.807, 2.05) is 0 Å². The van der Waals surface area contributed by atoms with Crippen molar-refractivity contribution in [1.29, 1.82) is 0 Å². The summed E-state index contributed by atoms with van der Waals surface area (Å²) in [5.41, 5.74) is 0. The third-order valence-electron chi connectivity index (χ3n) is 3.91. The van der Waals surface area contributed by atoms with Crippen LogP contribution in [-0.2, 0) is 42.9 Å². The predicted molar refractivity (Wildman–Crippen MR) is 90.5 cm³/mol. The molecule has 0 aliphatic carbocycles. The summed E-state index contributed by atoms with van der Waals surface area (Å²) >= 11 is 0.